The molecule has 0 atom stereocenters. The standard InChI is InChI=1S/C13H14O/c1-2-3-9-13(14)11-10-12-7-5-4-6-8-12/h2,4-8,10-11H,1,3,9H2/b11-10+. The van der Waals surface area contributed by atoms with Crippen LogP contribution in [-0.4, -0.2) is 5.78 Å². The molecule has 1 heteroatoms. The molecular weight excluding hydrogens is 172 g/mol. The van der Waals surface area contributed by atoms with Gasteiger partial charge in [-0.1, -0.05) is 42.5 Å². The number of ketones is 1. The molecular formula is C13H14O. The number of rotatable bonds is 5. The van der Waals surface area contributed by atoms with E-state index < -0.39 is 0 Å². The SMILES string of the molecule is C=CCCC(=O)/C=C/c1ccccc1. The van der Waals surface area contributed by atoms with Crippen LogP contribution in [0.5, 0.6) is 0 Å². The van der Waals surface area contributed by atoms with Crippen molar-refractivity contribution in [2.24, 2.45) is 0 Å². The van der Waals surface area contributed by atoms with Crippen molar-refractivity contribution in [3.63, 3.8) is 0 Å². The van der Waals surface area contributed by atoms with Gasteiger partial charge < -0.3 is 0 Å². The molecule has 0 heterocycles. The van der Waals surface area contributed by atoms with E-state index >= 15 is 0 Å². The molecule has 72 valence electrons. The van der Waals surface area contributed by atoms with Gasteiger partial charge in [-0.3, -0.25) is 4.79 Å². The van der Waals surface area contributed by atoms with Crippen LogP contribution in [0.15, 0.2) is 49.1 Å². The minimum Gasteiger partial charge on any atom is -0.295 e. The molecule has 0 amide bonds. The lowest BCUT2D eigenvalue weighted by molar-refractivity contribution is -0.114. The first-order valence-electron chi connectivity index (χ1n) is 4.70. The largest absolute Gasteiger partial charge is 0.295 e. The Hall–Kier alpha value is -1.63. The monoisotopic (exact) mass is 186 g/mol. The quantitative estimate of drug-likeness (QED) is 0.509. The third kappa shape index (κ3) is 3.85. The summed E-state index contributed by atoms with van der Waals surface area (Å²) in [5.41, 5.74) is 1.06. The highest BCUT2D eigenvalue weighted by Crippen LogP contribution is 2.02. The van der Waals surface area contributed by atoms with Crippen LogP contribution in [0.1, 0.15) is 18.4 Å². The van der Waals surface area contributed by atoms with Gasteiger partial charge in [0, 0.05) is 6.42 Å². The van der Waals surface area contributed by atoms with E-state index in [2.05, 4.69) is 6.58 Å². The molecule has 0 saturated heterocycles. The van der Waals surface area contributed by atoms with Crippen molar-refractivity contribution < 1.29 is 4.79 Å². The second kappa shape index (κ2) is 5.92. The highest BCUT2D eigenvalue weighted by molar-refractivity contribution is 5.93. The van der Waals surface area contributed by atoms with Crippen molar-refractivity contribution in [2.75, 3.05) is 0 Å². The summed E-state index contributed by atoms with van der Waals surface area (Å²) in [5.74, 6) is 0.147. The number of carbonyl (C=O) groups excluding carboxylic acids is 1. The van der Waals surface area contributed by atoms with Gasteiger partial charge in [0.1, 0.15) is 0 Å². The van der Waals surface area contributed by atoms with Crippen molar-refractivity contribution >= 4 is 11.9 Å². The van der Waals surface area contributed by atoms with Gasteiger partial charge in [-0.05, 0) is 18.1 Å². The summed E-state index contributed by atoms with van der Waals surface area (Å²) in [7, 11) is 0. The third-order valence-electron chi connectivity index (χ3n) is 1.86. The van der Waals surface area contributed by atoms with E-state index in [1.54, 1.807) is 12.2 Å². The maximum absolute atomic E-state index is 11.2. The molecule has 0 unspecified atom stereocenters. The molecule has 0 spiro atoms. The molecule has 1 aromatic rings. The summed E-state index contributed by atoms with van der Waals surface area (Å²) in [6.45, 7) is 3.57. The van der Waals surface area contributed by atoms with Crippen LogP contribution >= 0.6 is 0 Å². The van der Waals surface area contributed by atoms with Gasteiger partial charge >= 0.3 is 0 Å². The summed E-state index contributed by atoms with van der Waals surface area (Å²) >= 11 is 0. The van der Waals surface area contributed by atoms with Gasteiger partial charge in [0.15, 0.2) is 5.78 Å². The Kier molecular flexibility index (Phi) is 4.42. The second-order valence-electron chi connectivity index (χ2n) is 3.04. The molecule has 1 nitrogen and oxygen atoms in total. The van der Waals surface area contributed by atoms with Crippen LogP contribution in [0.4, 0.5) is 0 Å². The average molecular weight is 186 g/mol. The molecule has 0 saturated carbocycles. The molecule has 14 heavy (non-hydrogen) atoms. The highest BCUT2D eigenvalue weighted by Gasteiger charge is 1.93. The number of hydrogen-bond donors (Lipinski definition) is 0. The molecule has 0 aromatic heterocycles. The van der Waals surface area contributed by atoms with Crippen LogP contribution in [-0.2, 0) is 4.79 Å². The topological polar surface area (TPSA) is 17.1 Å². The van der Waals surface area contributed by atoms with E-state index in [4.69, 9.17) is 0 Å². The molecule has 1 aromatic carbocycles. The Labute approximate surface area is 84.8 Å². The van der Waals surface area contributed by atoms with E-state index in [1.165, 1.54) is 0 Å². The summed E-state index contributed by atoms with van der Waals surface area (Å²) in [6.07, 6.45) is 6.52. The first-order valence-corrected chi connectivity index (χ1v) is 4.70. The van der Waals surface area contributed by atoms with Gasteiger partial charge in [0.25, 0.3) is 0 Å². The second-order valence-corrected chi connectivity index (χ2v) is 3.04. The van der Waals surface area contributed by atoms with Crippen molar-refractivity contribution in [1.82, 2.24) is 0 Å². The number of allylic oxidation sites excluding steroid dienone is 2. The van der Waals surface area contributed by atoms with E-state index in [9.17, 15) is 4.79 Å². The lowest BCUT2D eigenvalue weighted by Gasteiger charge is -1.91. The first kappa shape index (κ1) is 10.5. The van der Waals surface area contributed by atoms with Crippen LogP contribution in [0.2, 0.25) is 0 Å². The maximum atomic E-state index is 11.2. The van der Waals surface area contributed by atoms with Gasteiger partial charge in [-0.2, -0.15) is 0 Å². The average Bonchev–Trinajstić information content (AvgIpc) is 2.25. The van der Waals surface area contributed by atoms with Crippen molar-refractivity contribution in [2.45, 2.75) is 12.8 Å². The van der Waals surface area contributed by atoms with E-state index in [0.717, 1.165) is 12.0 Å². The van der Waals surface area contributed by atoms with Crippen LogP contribution in [0, 0.1) is 0 Å². The fourth-order valence-electron chi connectivity index (χ4n) is 1.08. The lowest BCUT2D eigenvalue weighted by atomic mass is 10.1. The third-order valence-corrected chi connectivity index (χ3v) is 1.86. The van der Waals surface area contributed by atoms with Gasteiger partial charge in [0.05, 0.1) is 0 Å². The Morgan fingerprint density at radius 3 is 2.64 bits per heavy atom. The van der Waals surface area contributed by atoms with Gasteiger partial charge in [-0.15, -0.1) is 6.58 Å². The fraction of sp³-hybridized carbons (Fsp3) is 0.154. The number of benzene rings is 1. The summed E-state index contributed by atoms with van der Waals surface area (Å²) in [6, 6.07) is 9.80. The minimum atomic E-state index is 0.147. The zero-order valence-electron chi connectivity index (χ0n) is 8.15. The first-order chi connectivity index (χ1) is 6.83. The normalized spacial score (nSPS) is 10.3. The molecule has 0 radical (unpaired) electrons. The Morgan fingerprint density at radius 1 is 1.29 bits per heavy atom. The molecule has 0 fully saturated rings. The molecule has 0 N–H and O–H groups in total. The Morgan fingerprint density at radius 2 is 2.00 bits per heavy atom. The Balaban J connectivity index is 2.48. The predicted octanol–water partition coefficient (Wildman–Crippen LogP) is 3.24. The Bertz CT molecular complexity index is 322. The number of carbonyl (C=O) groups is 1. The van der Waals surface area contributed by atoms with Gasteiger partial charge in [-0.25, -0.2) is 0 Å². The van der Waals surface area contributed by atoms with Crippen molar-refractivity contribution in [3.05, 3.63) is 54.6 Å². The smallest absolute Gasteiger partial charge is 0.156 e. The number of hydrogen-bond acceptors (Lipinski definition) is 1. The van der Waals surface area contributed by atoms with E-state index in [0.29, 0.717) is 6.42 Å². The molecule has 1 rings (SSSR count). The zero-order valence-corrected chi connectivity index (χ0v) is 8.15. The summed E-state index contributed by atoms with van der Waals surface area (Å²) < 4.78 is 0. The molecule has 0 aliphatic carbocycles. The molecule has 0 bridgehead atoms. The maximum Gasteiger partial charge on any atom is 0.156 e. The van der Waals surface area contributed by atoms with E-state index in [-0.39, 0.29) is 5.78 Å². The van der Waals surface area contributed by atoms with Crippen LogP contribution < -0.4 is 0 Å². The van der Waals surface area contributed by atoms with Crippen molar-refractivity contribution in [1.29, 1.82) is 0 Å². The van der Waals surface area contributed by atoms with Crippen LogP contribution in [0.3, 0.4) is 0 Å². The minimum absolute atomic E-state index is 0.147. The lowest BCUT2D eigenvalue weighted by Crippen LogP contribution is -1.89. The highest BCUT2D eigenvalue weighted by atomic mass is 16.1. The summed E-state index contributed by atoms with van der Waals surface area (Å²) in [4.78, 5) is 11.2. The van der Waals surface area contributed by atoms with E-state index in [1.807, 2.05) is 36.4 Å². The molecule has 0 aliphatic rings. The zero-order chi connectivity index (χ0) is 10.2. The molecule has 0 aliphatic heterocycles. The van der Waals surface area contributed by atoms with Gasteiger partial charge in [0.2, 0.25) is 0 Å². The van der Waals surface area contributed by atoms with Crippen molar-refractivity contribution in [3.8, 4) is 0 Å². The summed E-state index contributed by atoms with van der Waals surface area (Å²) in [5, 5.41) is 0. The predicted molar refractivity (Wildman–Crippen MR) is 59.9 cm³/mol. The van der Waals surface area contributed by atoms with Crippen LogP contribution in [0.25, 0.3) is 6.08 Å². The fourth-order valence-corrected chi connectivity index (χ4v) is 1.08.